The standard InChI is InChI=1S/C16H12FNO2/c1-20-15-4-2-3-11(7-15)5-6-12-8-14(17)9-13(10-18)16(12)19/h2-9,19H,1H3/b6-5+. The van der Waals surface area contributed by atoms with E-state index < -0.39 is 5.82 Å². The highest BCUT2D eigenvalue weighted by Crippen LogP contribution is 2.25. The number of hydrogen-bond donors (Lipinski definition) is 1. The Bertz CT molecular complexity index is 702. The van der Waals surface area contributed by atoms with Crippen LogP contribution in [0, 0.1) is 17.1 Å². The number of phenols is 1. The van der Waals surface area contributed by atoms with Crippen LogP contribution < -0.4 is 4.74 Å². The van der Waals surface area contributed by atoms with E-state index in [1.165, 1.54) is 6.07 Å². The zero-order chi connectivity index (χ0) is 14.5. The molecule has 3 nitrogen and oxygen atoms in total. The third-order valence-corrected chi connectivity index (χ3v) is 2.77. The number of benzene rings is 2. The van der Waals surface area contributed by atoms with Crippen molar-refractivity contribution in [2.24, 2.45) is 0 Å². The van der Waals surface area contributed by atoms with Gasteiger partial charge >= 0.3 is 0 Å². The molecular formula is C16H12FNO2. The molecule has 0 bridgehead atoms. The monoisotopic (exact) mass is 269 g/mol. The van der Waals surface area contributed by atoms with Gasteiger partial charge in [0.1, 0.15) is 23.4 Å². The van der Waals surface area contributed by atoms with Gasteiger partial charge in [-0.3, -0.25) is 0 Å². The number of aromatic hydroxyl groups is 1. The molecule has 2 aromatic carbocycles. The van der Waals surface area contributed by atoms with Gasteiger partial charge in [0, 0.05) is 5.56 Å². The molecule has 2 aromatic rings. The summed E-state index contributed by atoms with van der Waals surface area (Å²) in [7, 11) is 1.57. The lowest BCUT2D eigenvalue weighted by Crippen LogP contribution is -1.85. The van der Waals surface area contributed by atoms with Crippen LogP contribution in [0.4, 0.5) is 4.39 Å². The first-order valence-electron chi connectivity index (χ1n) is 5.89. The lowest BCUT2D eigenvalue weighted by atomic mass is 10.1. The van der Waals surface area contributed by atoms with Crippen LogP contribution >= 0.6 is 0 Å². The Balaban J connectivity index is 2.36. The van der Waals surface area contributed by atoms with Crippen molar-refractivity contribution in [1.29, 1.82) is 5.26 Å². The highest BCUT2D eigenvalue weighted by Gasteiger charge is 2.07. The van der Waals surface area contributed by atoms with Crippen LogP contribution in [-0.2, 0) is 0 Å². The fraction of sp³-hybridized carbons (Fsp3) is 0.0625. The predicted molar refractivity (Wildman–Crippen MR) is 74.7 cm³/mol. The van der Waals surface area contributed by atoms with Gasteiger partial charge in [-0.25, -0.2) is 4.39 Å². The fourth-order valence-electron chi connectivity index (χ4n) is 1.76. The molecule has 1 N–H and O–H groups in total. The second-order valence-corrected chi connectivity index (χ2v) is 4.11. The smallest absolute Gasteiger partial charge is 0.140 e. The van der Waals surface area contributed by atoms with Crippen molar-refractivity contribution < 1.29 is 14.2 Å². The average molecular weight is 269 g/mol. The van der Waals surface area contributed by atoms with Crippen molar-refractivity contribution in [3.63, 3.8) is 0 Å². The summed E-state index contributed by atoms with van der Waals surface area (Å²) in [5, 5.41) is 18.6. The normalized spacial score (nSPS) is 10.4. The Morgan fingerprint density at radius 2 is 2.05 bits per heavy atom. The molecule has 100 valence electrons. The van der Waals surface area contributed by atoms with E-state index in [1.807, 2.05) is 18.2 Å². The first kappa shape index (κ1) is 13.6. The van der Waals surface area contributed by atoms with Gasteiger partial charge in [-0.1, -0.05) is 24.3 Å². The second-order valence-electron chi connectivity index (χ2n) is 4.11. The zero-order valence-electron chi connectivity index (χ0n) is 10.8. The van der Waals surface area contributed by atoms with Crippen molar-refractivity contribution >= 4 is 12.2 Å². The van der Waals surface area contributed by atoms with Gasteiger partial charge in [0.25, 0.3) is 0 Å². The van der Waals surface area contributed by atoms with Gasteiger partial charge in [-0.15, -0.1) is 0 Å². The molecule has 0 unspecified atom stereocenters. The maximum Gasteiger partial charge on any atom is 0.140 e. The minimum atomic E-state index is -0.565. The van der Waals surface area contributed by atoms with Gasteiger partial charge in [0.15, 0.2) is 0 Å². The summed E-state index contributed by atoms with van der Waals surface area (Å²) < 4.78 is 18.4. The largest absolute Gasteiger partial charge is 0.506 e. The zero-order valence-corrected chi connectivity index (χ0v) is 10.8. The van der Waals surface area contributed by atoms with E-state index in [4.69, 9.17) is 10.00 Å². The molecule has 0 aliphatic heterocycles. The van der Waals surface area contributed by atoms with Crippen LogP contribution in [0.5, 0.6) is 11.5 Å². The van der Waals surface area contributed by atoms with Crippen LogP contribution in [0.15, 0.2) is 36.4 Å². The van der Waals surface area contributed by atoms with E-state index in [0.29, 0.717) is 5.75 Å². The number of phenolic OH excluding ortho intramolecular Hbond substituents is 1. The Morgan fingerprint density at radius 3 is 2.75 bits per heavy atom. The van der Waals surface area contributed by atoms with Crippen molar-refractivity contribution in [3.8, 4) is 17.6 Å². The maximum absolute atomic E-state index is 13.3. The molecule has 20 heavy (non-hydrogen) atoms. The van der Waals surface area contributed by atoms with Crippen molar-refractivity contribution in [2.45, 2.75) is 0 Å². The van der Waals surface area contributed by atoms with Gasteiger partial charge < -0.3 is 9.84 Å². The lowest BCUT2D eigenvalue weighted by molar-refractivity contribution is 0.414. The van der Waals surface area contributed by atoms with Gasteiger partial charge in [0.05, 0.1) is 12.7 Å². The summed E-state index contributed by atoms with van der Waals surface area (Å²) in [5.41, 5.74) is 1.01. The Kier molecular flexibility index (Phi) is 4.02. The summed E-state index contributed by atoms with van der Waals surface area (Å²) in [6.07, 6.45) is 3.26. The van der Waals surface area contributed by atoms with Crippen LogP contribution in [0.3, 0.4) is 0 Å². The molecule has 0 saturated carbocycles. The number of nitriles is 1. The highest BCUT2D eigenvalue weighted by molar-refractivity contribution is 5.74. The molecule has 4 heteroatoms. The molecule has 0 spiro atoms. The number of ether oxygens (including phenoxy) is 1. The molecule has 0 fully saturated rings. The number of rotatable bonds is 3. The van der Waals surface area contributed by atoms with E-state index >= 15 is 0 Å². The molecule has 0 saturated heterocycles. The van der Waals surface area contributed by atoms with Gasteiger partial charge in [-0.2, -0.15) is 5.26 Å². The SMILES string of the molecule is COc1cccc(/C=C/c2cc(F)cc(C#N)c2O)c1. The summed E-state index contributed by atoms with van der Waals surface area (Å²) in [5.74, 6) is -0.0917. The summed E-state index contributed by atoms with van der Waals surface area (Å²) in [6, 6.07) is 11.2. The molecule has 2 rings (SSSR count). The molecule has 0 aliphatic carbocycles. The quantitative estimate of drug-likeness (QED) is 0.866. The Labute approximate surface area is 116 Å². The van der Waals surface area contributed by atoms with Crippen LogP contribution in [0.2, 0.25) is 0 Å². The molecule has 0 aromatic heterocycles. The highest BCUT2D eigenvalue weighted by atomic mass is 19.1. The van der Waals surface area contributed by atoms with Crippen LogP contribution in [0.1, 0.15) is 16.7 Å². The van der Waals surface area contributed by atoms with E-state index in [9.17, 15) is 9.50 Å². The number of halogens is 1. The third-order valence-electron chi connectivity index (χ3n) is 2.77. The van der Waals surface area contributed by atoms with Crippen molar-refractivity contribution in [3.05, 3.63) is 58.9 Å². The topological polar surface area (TPSA) is 53.2 Å². The van der Waals surface area contributed by atoms with Crippen molar-refractivity contribution in [1.82, 2.24) is 0 Å². The second kappa shape index (κ2) is 5.89. The molecular weight excluding hydrogens is 257 g/mol. The molecule has 0 amide bonds. The van der Waals surface area contributed by atoms with Crippen LogP contribution in [0.25, 0.3) is 12.2 Å². The summed E-state index contributed by atoms with van der Waals surface area (Å²) >= 11 is 0. The van der Waals surface area contributed by atoms with E-state index in [-0.39, 0.29) is 16.9 Å². The maximum atomic E-state index is 13.3. The van der Waals surface area contributed by atoms with E-state index in [2.05, 4.69) is 0 Å². The summed E-state index contributed by atoms with van der Waals surface area (Å²) in [6.45, 7) is 0. The van der Waals surface area contributed by atoms with E-state index in [1.54, 1.807) is 31.4 Å². The number of nitrogens with zero attached hydrogens (tertiary/aromatic N) is 1. The molecule has 0 atom stereocenters. The Hall–Kier alpha value is -2.80. The minimum Gasteiger partial charge on any atom is -0.506 e. The average Bonchev–Trinajstić information content (AvgIpc) is 2.48. The molecule has 0 heterocycles. The summed E-state index contributed by atoms with van der Waals surface area (Å²) in [4.78, 5) is 0. The third kappa shape index (κ3) is 2.96. The molecule has 0 aliphatic rings. The molecule has 0 radical (unpaired) electrons. The Morgan fingerprint density at radius 1 is 1.25 bits per heavy atom. The van der Waals surface area contributed by atoms with E-state index in [0.717, 1.165) is 11.6 Å². The van der Waals surface area contributed by atoms with Gasteiger partial charge in [-0.05, 0) is 29.8 Å². The number of hydrogen-bond acceptors (Lipinski definition) is 3. The van der Waals surface area contributed by atoms with Crippen molar-refractivity contribution in [2.75, 3.05) is 7.11 Å². The minimum absolute atomic E-state index is 0.0877. The van der Waals surface area contributed by atoms with Crippen LogP contribution in [-0.4, -0.2) is 12.2 Å². The first-order valence-corrected chi connectivity index (χ1v) is 5.89. The first-order chi connectivity index (χ1) is 9.63. The fourth-order valence-corrected chi connectivity index (χ4v) is 1.76. The van der Waals surface area contributed by atoms with Gasteiger partial charge in [0.2, 0.25) is 0 Å². The predicted octanol–water partition coefficient (Wildman–Crippen LogP) is 3.58. The lowest BCUT2D eigenvalue weighted by Gasteiger charge is -2.03. The number of methoxy groups -OCH3 is 1.